The molecule has 0 unspecified atom stereocenters. The number of benzene rings is 1. The second-order valence-corrected chi connectivity index (χ2v) is 11.1. The Morgan fingerprint density at radius 1 is 1.05 bits per heavy atom. The lowest BCUT2D eigenvalue weighted by Crippen LogP contribution is -2.52. The molecule has 0 bridgehead atoms. The fourth-order valence-electron chi connectivity index (χ4n) is 5.90. The van der Waals surface area contributed by atoms with Crippen molar-refractivity contribution >= 4 is 40.7 Å². The van der Waals surface area contributed by atoms with Gasteiger partial charge in [-0.15, -0.1) is 0 Å². The first-order chi connectivity index (χ1) is 20.4. The maximum absolute atomic E-state index is 13.5. The van der Waals surface area contributed by atoms with Gasteiger partial charge < -0.3 is 19.9 Å². The third kappa shape index (κ3) is 5.62. The van der Waals surface area contributed by atoms with Gasteiger partial charge in [0.2, 0.25) is 0 Å². The number of hydrogen-bond acceptors (Lipinski definition) is 8. The van der Waals surface area contributed by atoms with Crippen molar-refractivity contribution in [3.63, 3.8) is 0 Å². The molecule has 4 aliphatic rings. The number of nitrogens with one attached hydrogen (secondary N) is 1. The second-order valence-electron chi connectivity index (χ2n) is 11.1. The number of likely N-dealkylation sites (tertiary alicyclic amines) is 1. The van der Waals surface area contributed by atoms with E-state index in [1.54, 1.807) is 37.7 Å². The van der Waals surface area contributed by atoms with Crippen LogP contribution in [0.15, 0.2) is 59.9 Å². The Balaban J connectivity index is 1.17. The summed E-state index contributed by atoms with van der Waals surface area (Å²) in [4.78, 5) is 45.6. The topological polar surface area (TPSA) is 96.8 Å². The number of urea groups is 1. The van der Waals surface area contributed by atoms with Gasteiger partial charge in [-0.3, -0.25) is 19.5 Å². The van der Waals surface area contributed by atoms with Crippen molar-refractivity contribution in [3.8, 4) is 5.75 Å². The Labute approximate surface area is 246 Å². The summed E-state index contributed by atoms with van der Waals surface area (Å²) in [6.07, 6.45) is 10.8. The minimum atomic E-state index is -0.210. The van der Waals surface area contributed by atoms with Crippen LogP contribution < -0.4 is 15.0 Å². The average molecular weight is 571 g/mol. The lowest BCUT2D eigenvalue weighted by molar-refractivity contribution is 0.0518. The smallest absolute Gasteiger partial charge is 0.334 e. The van der Waals surface area contributed by atoms with E-state index in [4.69, 9.17) is 9.73 Å². The normalized spacial score (nSPS) is 19.7. The number of likely N-dealkylation sites (N-methyl/N-ethyl adjacent to an activating group) is 1. The number of carbonyl (C=O) groups is 2. The number of fused-ring (bicyclic) bond motifs is 2. The van der Waals surface area contributed by atoms with Crippen LogP contribution in [0.25, 0.3) is 0 Å². The van der Waals surface area contributed by atoms with Gasteiger partial charge in [0.25, 0.3) is 5.91 Å². The zero-order valence-electron chi connectivity index (χ0n) is 24.5. The van der Waals surface area contributed by atoms with Crippen LogP contribution in [0.4, 0.5) is 27.7 Å². The summed E-state index contributed by atoms with van der Waals surface area (Å²) in [5, 5.41) is 3.33. The second kappa shape index (κ2) is 11.9. The number of amidine groups is 1. The molecule has 11 nitrogen and oxygen atoms in total. The van der Waals surface area contributed by atoms with E-state index in [2.05, 4.69) is 27.1 Å². The maximum atomic E-state index is 13.5. The number of rotatable bonds is 6. The fraction of sp³-hybridized carbons (Fsp3) is 0.419. The lowest BCUT2D eigenvalue weighted by Gasteiger charge is -2.42. The van der Waals surface area contributed by atoms with E-state index in [0.717, 1.165) is 52.1 Å². The van der Waals surface area contributed by atoms with Crippen molar-refractivity contribution in [2.75, 3.05) is 70.2 Å². The largest absolute Gasteiger partial charge is 0.492 e. The minimum absolute atomic E-state index is 0.0326. The van der Waals surface area contributed by atoms with E-state index in [1.807, 2.05) is 36.1 Å². The Hall–Kier alpha value is -4.22. The molecule has 0 atom stereocenters. The Morgan fingerprint density at radius 2 is 1.83 bits per heavy atom. The number of piperazine rings is 1. The van der Waals surface area contributed by atoms with Gasteiger partial charge in [0, 0.05) is 70.2 Å². The molecule has 42 heavy (non-hydrogen) atoms. The van der Waals surface area contributed by atoms with Crippen molar-refractivity contribution in [1.82, 2.24) is 24.6 Å². The first kappa shape index (κ1) is 27.9. The number of pyridine rings is 1. The number of allylic oxidation sites excluding steroid dienone is 2. The van der Waals surface area contributed by atoms with Crippen molar-refractivity contribution in [3.05, 3.63) is 60.5 Å². The summed E-state index contributed by atoms with van der Waals surface area (Å²) in [6, 6.07) is 7.67. The molecule has 0 aliphatic carbocycles. The number of ether oxygens (including phenoxy) is 1. The molecule has 2 fully saturated rings. The SMILES string of the molecule is CCOc1cc(C(=O)N2CCC(N3CCN(C)CC3)CC2)ccc1Nc1cc2c(cn1)N(C)C(=O)N1C=CC=CC1=N2. The standard InChI is InChI=1S/C31H38N8O3/c1-4-42-27-19-22(30(40)38-13-10-23(11-14-38)37-17-15-35(2)16-18-37)8-9-24(27)33-28-20-25-26(21-32-28)36(3)31(41)39-12-6-5-7-29(39)34-25/h5-9,12,19-21,23H,4,10-11,13-18H2,1-3H3,(H,32,33). The van der Waals surface area contributed by atoms with Gasteiger partial charge in [-0.1, -0.05) is 6.08 Å². The molecule has 2 saturated heterocycles. The minimum Gasteiger partial charge on any atom is -0.492 e. The zero-order valence-corrected chi connectivity index (χ0v) is 24.5. The molecule has 1 N–H and O–H groups in total. The van der Waals surface area contributed by atoms with Crippen molar-refractivity contribution in [1.29, 1.82) is 0 Å². The molecule has 2 aromatic rings. The number of carbonyl (C=O) groups excluding carboxylic acids is 2. The van der Waals surface area contributed by atoms with Crippen LogP contribution in [-0.4, -0.2) is 108 Å². The van der Waals surface area contributed by atoms with Crippen LogP contribution in [0.3, 0.4) is 0 Å². The first-order valence-corrected chi connectivity index (χ1v) is 14.7. The molecule has 0 saturated carbocycles. The molecule has 5 heterocycles. The Kier molecular flexibility index (Phi) is 7.94. The average Bonchev–Trinajstić information content (AvgIpc) is 3.12. The summed E-state index contributed by atoms with van der Waals surface area (Å²) in [7, 11) is 3.88. The summed E-state index contributed by atoms with van der Waals surface area (Å²) in [5.74, 6) is 1.70. The summed E-state index contributed by atoms with van der Waals surface area (Å²) in [5.41, 5.74) is 2.53. The Bertz CT molecular complexity index is 1440. The fourth-order valence-corrected chi connectivity index (χ4v) is 5.90. The van der Waals surface area contributed by atoms with Crippen molar-refractivity contribution in [2.24, 2.45) is 4.99 Å². The van der Waals surface area contributed by atoms with Gasteiger partial charge in [-0.25, -0.2) is 14.8 Å². The van der Waals surface area contributed by atoms with Crippen molar-refractivity contribution < 1.29 is 14.3 Å². The molecule has 11 heteroatoms. The molecule has 1 aromatic heterocycles. The molecular weight excluding hydrogens is 532 g/mol. The van der Waals surface area contributed by atoms with E-state index in [9.17, 15) is 9.59 Å². The molecule has 0 spiro atoms. The lowest BCUT2D eigenvalue weighted by atomic mass is 10.0. The summed E-state index contributed by atoms with van der Waals surface area (Å²) < 4.78 is 5.95. The maximum Gasteiger partial charge on any atom is 0.334 e. The number of amides is 3. The Morgan fingerprint density at radius 3 is 2.60 bits per heavy atom. The van der Waals surface area contributed by atoms with Crippen molar-refractivity contribution in [2.45, 2.75) is 25.8 Å². The summed E-state index contributed by atoms with van der Waals surface area (Å²) in [6.45, 7) is 8.34. The van der Waals surface area contributed by atoms with Crippen LogP contribution in [0, 0.1) is 0 Å². The highest BCUT2D eigenvalue weighted by molar-refractivity contribution is 6.13. The molecule has 1 aromatic carbocycles. The number of aromatic nitrogens is 1. The van der Waals surface area contributed by atoms with Crippen LogP contribution in [-0.2, 0) is 0 Å². The highest BCUT2D eigenvalue weighted by Crippen LogP contribution is 2.36. The molecule has 3 amide bonds. The van der Waals surface area contributed by atoms with Gasteiger partial charge in [0.05, 0.1) is 29.9 Å². The molecule has 220 valence electrons. The monoisotopic (exact) mass is 570 g/mol. The molecule has 6 rings (SSSR count). The zero-order chi connectivity index (χ0) is 29.2. The number of hydrogen-bond donors (Lipinski definition) is 1. The van der Waals surface area contributed by atoms with E-state index in [-0.39, 0.29) is 11.9 Å². The predicted molar refractivity (Wildman–Crippen MR) is 164 cm³/mol. The van der Waals surface area contributed by atoms with Gasteiger partial charge in [-0.05, 0) is 57.2 Å². The number of anilines is 3. The van der Waals surface area contributed by atoms with Crippen LogP contribution >= 0.6 is 0 Å². The van der Waals surface area contributed by atoms with Gasteiger partial charge in [-0.2, -0.15) is 0 Å². The van der Waals surface area contributed by atoms with E-state index in [1.165, 1.54) is 9.80 Å². The molecule has 4 aliphatic heterocycles. The van der Waals surface area contributed by atoms with Crippen LogP contribution in [0.5, 0.6) is 5.75 Å². The number of aliphatic imine (C=N–C) groups is 1. The van der Waals surface area contributed by atoms with Crippen LogP contribution in [0.2, 0.25) is 0 Å². The quantitative estimate of drug-likeness (QED) is 0.560. The third-order valence-electron chi connectivity index (χ3n) is 8.39. The van der Waals surface area contributed by atoms with E-state index >= 15 is 0 Å². The van der Waals surface area contributed by atoms with Gasteiger partial charge in [0.15, 0.2) is 0 Å². The van der Waals surface area contributed by atoms with Crippen LogP contribution in [0.1, 0.15) is 30.1 Å². The number of piperidine rings is 1. The molecular formula is C31H38N8O3. The van der Waals surface area contributed by atoms with E-state index in [0.29, 0.717) is 52.7 Å². The number of nitrogens with zero attached hydrogens (tertiary/aromatic N) is 7. The third-order valence-corrected chi connectivity index (χ3v) is 8.39. The highest BCUT2D eigenvalue weighted by Gasteiger charge is 2.30. The predicted octanol–water partition coefficient (Wildman–Crippen LogP) is 4.06. The highest BCUT2D eigenvalue weighted by atomic mass is 16.5. The van der Waals surface area contributed by atoms with Gasteiger partial charge >= 0.3 is 6.03 Å². The van der Waals surface area contributed by atoms with Gasteiger partial charge in [0.1, 0.15) is 17.4 Å². The first-order valence-electron chi connectivity index (χ1n) is 14.7. The van der Waals surface area contributed by atoms with E-state index < -0.39 is 0 Å². The summed E-state index contributed by atoms with van der Waals surface area (Å²) >= 11 is 0. The molecule has 0 radical (unpaired) electrons.